The summed E-state index contributed by atoms with van der Waals surface area (Å²) in [6.45, 7) is 2.61. The molecule has 0 saturated heterocycles. The Bertz CT molecular complexity index is 270. The summed E-state index contributed by atoms with van der Waals surface area (Å²) in [6, 6.07) is -0.347. The smallest absolute Gasteiger partial charge is 0.364 e. The number of methoxy groups -OCH3 is 1. The van der Waals surface area contributed by atoms with E-state index < -0.39 is 11.8 Å². The van der Waals surface area contributed by atoms with Gasteiger partial charge in [-0.05, 0) is 6.92 Å². The van der Waals surface area contributed by atoms with Gasteiger partial charge in [0.25, 0.3) is 5.79 Å². The Balaban J connectivity index is 4.44. The van der Waals surface area contributed by atoms with Crippen molar-refractivity contribution in [2.24, 2.45) is 0 Å². The highest BCUT2D eigenvalue weighted by molar-refractivity contribution is 5.75. The molecule has 0 aliphatic rings. The molecule has 0 aliphatic carbocycles. The van der Waals surface area contributed by atoms with Gasteiger partial charge in [-0.15, -0.1) is 0 Å². The molecule has 0 spiro atoms. The van der Waals surface area contributed by atoms with Gasteiger partial charge in [0.05, 0.1) is 6.61 Å². The van der Waals surface area contributed by atoms with Gasteiger partial charge in [0.2, 0.25) is 5.91 Å². The molecule has 7 heteroatoms. The number of aliphatic hydroxyl groups is 1. The quantitative estimate of drug-likeness (QED) is 0.493. The van der Waals surface area contributed by atoms with Crippen LogP contribution in [-0.4, -0.2) is 54.2 Å². The lowest BCUT2D eigenvalue weighted by molar-refractivity contribution is -0.241. The number of hydrogen-bond donors (Lipinski definition) is 3. The van der Waals surface area contributed by atoms with Gasteiger partial charge in [-0.3, -0.25) is 4.79 Å². The molecule has 0 saturated carbocycles. The predicted octanol–water partition coefficient (Wildman–Crippen LogP) is -0.663. The Labute approximate surface area is 99.7 Å². The van der Waals surface area contributed by atoms with E-state index in [9.17, 15) is 9.59 Å². The van der Waals surface area contributed by atoms with Gasteiger partial charge in [0.15, 0.2) is 0 Å². The van der Waals surface area contributed by atoms with E-state index in [-0.39, 0.29) is 31.6 Å². The normalized spacial score (nSPS) is 16.0. The van der Waals surface area contributed by atoms with Crippen LogP contribution in [0.3, 0.4) is 0 Å². The summed E-state index contributed by atoms with van der Waals surface area (Å²) < 4.78 is 9.95. The van der Waals surface area contributed by atoms with E-state index in [0.29, 0.717) is 0 Å². The maximum absolute atomic E-state index is 11.0. The molecule has 1 amide bonds. The molecule has 0 heterocycles. The zero-order valence-electron chi connectivity index (χ0n) is 10.2. The standard InChI is InChI=1S/C10H19NO6/c1-7(11-8(2)13)6-17-10(16-3,4-5-12)9(14)15/h7,12H,4-6H2,1-3H3,(H,11,13)(H,14,15). The van der Waals surface area contributed by atoms with Crippen LogP contribution >= 0.6 is 0 Å². The Morgan fingerprint density at radius 2 is 2.06 bits per heavy atom. The summed E-state index contributed by atoms with van der Waals surface area (Å²) in [4.78, 5) is 21.8. The van der Waals surface area contributed by atoms with E-state index in [2.05, 4.69) is 5.32 Å². The minimum absolute atomic E-state index is 0.0281. The summed E-state index contributed by atoms with van der Waals surface area (Å²) in [6.07, 6.45) is -0.189. The lowest BCUT2D eigenvalue weighted by Crippen LogP contribution is -2.47. The van der Waals surface area contributed by atoms with Gasteiger partial charge in [-0.2, -0.15) is 0 Å². The molecular weight excluding hydrogens is 230 g/mol. The SMILES string of the molecule is COC(CCO)(OCC(C)NC(C)=O)C(=O)O. The molecule has 0 fully saturated rings. The minimum atomic E-state index is -1.87. The third kappa shape index (κ3) is 5.12. The average Bonchev–Trinajstić information content (AvgIpc) is 2.23. The molecule has 17 heavy (non-hydrogen) atoms. The van der Waals surface area contributed by atoms with E-state index >= 15 is 0 Å². The number of carboxylic acids is 1. The Morgan fingerprint density at radius 3 is 2.41 bits per heavy atom. The third-order valence-electron chi connectivity index (χ3n) is 2.11. The lowest BCUT2D eigenvalue weighted by Gasteiger charge is -2.28. The van der Waals surface area contributed by atoms with Gasteiger partial charge in [0.1, 0.15) is 0 Å². The number of aliphatic carboxylic acids is 1. The number of carboxylic acid groups (broad SMARTS) is 1. The number of carbonyl (C=O) groups excluding carboxylic acids is 1. The fraction of sp³-hybridized carbons (Fsp3) is 0.800. The maximum Gasteiger partial charge on any atom is 0.364 e. The molecule has 0 aromatic carbocycles. The number of rotatable bonds is 8. The molecule has 0 aliphatic heterocycles. The molecule has 0 radical (unpaired) electrons. The summed E-state index contributed by atoms with van der Waals surface area (Å²) in [5.74, 6) is -3.42. The fourth-order valence-electron chi connectivity index (χ4n) is 1.28. The third-order valence-corrected chi connectivity index (χ3v) is 2.11. The fourth-order valence-corrected chi connectivity index (χ4v) is 1.28. The van der Waals surface area contributed by atoms with Crippen LogP contribution in [0, 0.1) is 0 Å². The second-order valence-corrected chi connectivity index (χ2v) is 3.65. The number of aliphatic hydroxyl groups excluding tert-OH is 1. The first-order chi connectivity index (χ1) is 7.88. The van der Waals surface area contributed by atoms with Crippen LogP contribution in [0.1, 0.15) is 20.3 Å². The first kappa shape index (κ1) is 15.8. The predicted molar refractivity (Wildman–Crippen MR) is 58.3 cm³/mol. The first-order valence-corrected chi connectivity index (χ1v) is 5.18. The Morgan fingerprint density at radius 1 is 1.47 bits per heavy atom. The zero-order valence-corrected chi connectivity index (χ0v) is 10.2. The lowest BCUT2D eigenvalue weighted by atomic mass is 10.2. The van der Waals surface area contributed by atoms with Crippen molar-refractivity contribution in [2.45, 2.75) is 32.1 Å². The van der Waals surface area contributed by atoms with Crippen molar-refractivity contribution in [1.82, 2.24) is 5.32 Å². The van der Waals surface area contributed by atoms with Crippen molar-refractivity contribution in [3.05, 3.63) is 0 Å². The van der Waals surface area contributed by atoms with Crippen molar-refractivity contribution in [3.63, 3.8) is 0 Å². The molecule has 3 N–H and O–H groups in total. The number of carbonyl (C=O) groups is 2. The molecule has 2 atom stereocenters. The first-order valence-electron chi connectivity index (χ1n) is 5.18. The van der Waals surface area contributed by atoms with Crippen molar-refractivity contribution >= 4 is 11.9 Å². The maximum atomic E-state index is 11.0. The molecule has 0 aromatic heterocycles. The van der Waals surface area contributed by atoms with Crippen LogP contribution in [0.5, 0.6) is 0 Å². The van der Waals surface area contributed by atoms with Crippen molar-refractivity contribution in [1.29, 1.82) is 0 Å². The molecule has 7 nitrogen and oxygen atoms in total. The van der Waals surface area contributed by atoms with Gasteiger partial charge < -0.3 is 25.0 Å². The van der Waals surface area contributed by atoms with Crippen LogP contribution < -0.4 is 5.32 Å². The molecule has 0 rings (SSSR count). The van der Waals surface area contributed by atoms with E-state index in [1.54, 1.807) is 6.92 Å². The Hall–Kier alpha value is -1.18. The van der Waals surface area contributed by atoms with E-state index in [4.69, 9.17) is 19.7 Å². The van der Waals surface area contributed by atoms with Gasteiger partial charge in [0, 0.05) is 33.1 Å². The zero-order chi connectivity index (χ0) is 13.5. The van der Waals surface area contributed by atoms with Crippen LogP contribution in [-0.2, 0) is 19.1 Å². The highest BCUT2D eigenvalue weighted by atomic mass is 16.7. The van der Waals surface area contributed by atoms with Crippen molar-refractivity contribution in [3.8, 4) is 0 Å². The molecule has 2 unspecified atom stereocenters. The van der Waals surface area contributed by atoms with Crippen LogP contribution in [0.4, 0.5) is 0 Å². The largest absolute Gasteiger partial charge is 0.477 e. The average molecular weight is 249 g/mol. The second-order valence-electron chi connectivity index (χ2n) is 3.65. The summed E-state index contributed by atoms with van der Waals surface area (Å²) in [7, 11) is 1.19. The van der Waals surface area contributed by atoms with Gasteiger partial charge >= 0.3 is 5.97 Å². The summed E-state index contributed by atoms with van der Waals surface area (Å²) in [5.41, 5.74) is 0. The highest BCUT2D eigenvalue weighted by Gasteiger charge is 2.40. The van der Waals surface area contributed by atoms with E-state index in [1.807, 2.05) is 0 Å². The van der Waals surface area contributed by atoms with Gasteiger partial charge in [-0.1, -0.05) is 0 Å². The molecular formula is C10H19NO6. The van der Waals surface area contributed by atoms with E-state index in [0.717, 1.165) is 0 Å². The van der Waals surface area contributed by atoms with Crippen LogP contribution in [0.15, 0.2) is 0 Å². The number of ether oxygens (including phenoxy) is 2. The summed E-state index contributed by atoms with van der Waals surface area (Å²) in [5, 5.41) is 20.3. The monoisotopic (exact) mass is 249 g/mol. The van der Waals surface area contributed by atoms with Crippen molar-refractivity contribution in [2.75, 3.05) is 20.3 Å². The highest BCUT2D eigenvalue weighted by Crippen LogP contribution is 2.17. The van der Waals surface area contributed by atoms with Gasteiger partial charge in [-0.25, -0.2) is 4.79 Å². The molecule has 0 bridgehead atoms. The van der Waals surface area contributed by atoms with Crippen LogP contribution in [0.25, 0.3) is 0 Å². The second kappa shape index (κ2) is 7.21. The summed E-state index contributed by atoms with van der Waals surface area (Å²) >= 11 is 0. The number of amides is 1. The van der Waals surface area contributed by atoms with Crippen molar-refractivity contribution < 1.29 is 29.3 Å². The number of hydrogen-bond acceptors (Lipinski definition) is 5. The molecule has 100 valence electrons. The topological polar surface area (TPSA) is 105 Å². The number of nitrogens with one attached hydrogen (secondary N) is 1. The van der Waals surface area contributed by atoms with Crippen LogP contribution in [0.2, 0.25) is 0 Å². The van der Waals surface area contributed by atoms with E-state index in [1.165, 1.54) is 14.0 Å². The Kier molecular flexibility index (Phi) is 6.71. The minimum Gasteiger partial charge on any atom is -0.477 e. The molecule has 0 aromatic rings.